The van der Waals surface area contributed by atoms with E-state index in [0.29, 0.717) is 32.1 Å². The highest BCUT2D eigenvalue weighted by atomic mass is 35.5. The Morgan fingerprint density at radius 2 is 2.00 bits per heavy atom. The summed E-state index contributed by atoms with van der Waals surface area (Å²) in [7, 11) is 0. The van der Waals surface area contributed by atoms with Crippen molar-refractivity contribution in [1.82, 2.24) is 4.98 Å². The van der Waals surface area contributed by atoms with Gasteiger partial charge in [-0.15, -0.1) is 11.3 Å². The zero-order chi connectivity index (χ0) is 18.8. The van der Waals surface area contributed by atoms with E-state index in [1.807, 2.05) is 29.6 Å². The number of aromatic nitrogens is 1. The summed E-state index contributed by atoms with van der Waals surface area (Å²) in [5.41, 5.74) is 2.78. The molecule has 0 fully saturated rings. The molecule has 5 nitrogen and oxygen atoms in total. The fraction of sp³-hybridized carbons (Fsp3) is 0.0526. The van der Waals surface area contributed by atoms with Crippen molar-refractivity contribution in [3.63, 3.8) is 0 Å². The predicted molar refractivity (Wildman–Crippen MR) is 107 cm³/mol. The largest absolute Gasteiger partial charge is 0.454 e. The molecule has 2 heterocycles. The van der Waals surface area contributed by atoms with Gasteiger partial charge in [-0.3, -0.25) is 0 Å². The molecule has 27 heavy (non-hydrogen) atoms. The Kier molecular flexibility index (Phi) is 4.90. The summed E-state index contributed by atoms with van der Waals surface area (Å²) < 4.78 is 10.6. The quantitative estimate of drug-likeness (QED) is 0.543. The zero-order valence-corrected chi connectivity index (χ0v) is 16.0. The van der Waals surface area contributed by atoms with E-state index >= 15 is 0 Å². The second-order valence-electron chi connectivity index (χ2n) is 5.55. The van der Waals surface area contributed by atoms with E-state index in [9.17, 15) is 5.26 Å². The second-order valence-corrected chi connectivity index (χ2v) is 7.22. The molecule has 1 N–H and O–H groups in total. The molecule has 0 radical (unpaired) electrons. The molecule has 134 valence electrons. The molecule has 1 aliphatic rings. The van der Waals surface area contributed by atoms with Gasteiger partial charge >= 0.3 is 0 Å². The van der Waals surface area contributed by atoms with Crippen molar-refractivity contribution in [3.05, 3.63) is 63.0 Å². The van der Waals surface area contributed by atoms with E-state index in [1.165, 1.54) is 11.3 Å². The van der Waals surface area contributed by atoms with Gasteiger partial charge in [0.15, 0.2) is 11.5 Å². The number of nitriles is 1. The number of ether oxygens (including phenoxy) is 2. The van der Waals surface area contributed by atoms with Gasteiger partial charge in [0.25, 0.3) is 0 Å². The molecule has 0 bridgehead atoms. The van der Waals surface area contributed by atoms with Crippen molar-refractivity contribution >= 4 is 45.8 Å². The maximum atomic E-state index is 9.50. The number of hydrogen-bond acceptors (Lipinski definition) is 6. The molecule has 0 unspecified atom stereocenters. The van der Waals surface area contributed by atoms with Crippen LogP contribution in [0.1, 0.15) is 5.01 Å². The first-order chi connectivity index (χ1) is 13.1. The number of thiazole rings is 1. The Hall–Kier alpha value is -2.72. The molecular formula is C19H11Cl2N3O2S. The summed E-state index contributed by atoms with van der Waals surface area (Å²) in [4.78, 5) is 4.53. The Morgan fingerprint density at radius 3 is 2.81 bits per heavy atom. The molecule has 4 rings (SSSR count). The minimum absolute atomic E-state index is 0.217. The van der Waals surface area contributed by atoms with Crippen molar-refractivity contribution in [2.45, 2.75) is 0 Å². The number of rotatable bonds is 4. The molecule has 0 spiro atoms. The number of allylic oxidation sites excluding steroid dienone is 1. The molecule has 3 aromatic rings. The lowest BCUT2D eigenvalue weighted by Gasteiger charge is -2.03. The fourth-order valence-corrected chi connectivity index (χ4v) is 3.56. The molecule has 0 atom stereocenters. The smallest absolute Gasteiger partial charge is 0.231 e. The summed E-state index contributed by atoms with van der Waals surface area (Å²) in [6, 6.07) is 13.0. The van der Waals surface area contributed by atoms with Gasteiger partial charge in [0.1, 0.15) is 16.6 Å². The minimum atomic E-state index is 0.217. The number of fused-ring (bicyclic) bond motifs is 1. The van der Waals surface area contributed by atoms with E-state index in [0.717, 1.165) is 16.9 Å². The van der Waals surface area contributed by atoms with Crippen molar-refractivity contribution in [1.29, 1.82) is 5.26 Å². The topological polar surface area (TPSA) is 67.2 Å². The molecule has 8 heteroatoms. The van der Waals surface area contributed by atoms with E-state index in [-0.39, 0.29) is 6.79 Å². The number of anilines is 1. The summed E-state index contributed by atoms with van der Waals surface area (Å²) in [6.07, 6.45) is 1.62. The van der Waals surface area contributed by atoms with Crippen molar-refractivity contribution in [2.75, 3.05) is 12.1 Å². The van der Waals surface area contributed by atoms with Crippen molar-refractivity contribution in [3.8, 4) is 28.8 Å². The molecular weight excluding hydrogens is 405 g/mol. The van der Waals surface area contributed by atoms with Crippen LogP contribution in [0.5, 0.6) is 11.5 Å². The van der Waals surface area contributed by atoms with Gasteiger partial charge in [-0.25, -0.2) is 4.98 Å². The number of halogens is 2. The first-order valence-corrected chi connectivity index (χ1v) is 9.45. The van der Waals surface area contributed by atoms with Crippen LogP contribution in [0.15, 0.2) is 48.0 Å². The van der Waals surface area contributed by atoms with Gasteiger partial charge in [0.05, 0.1) is 15.7 Å². The maximum Gasteiger partial charge on any atom is 0.231 e. The highest BCUT2D eigenvalue weighted by molar-refractivity contribution is 7.11. The Bertz CT molecular complexity index is 1090. The van der Waals surface area contributed by atoms with Gasteiger partial charge < -0.3 is 14.8 Å². The molecule has 0 aliphatic carbocycles. The number of hydrogen-bond donors (Lipinski definition) is 1. The van der Waals surface area contributed by atoms with Gasteiger partial charge in [-0.2, -0.15) is 5.26 Å². The van der Waals surface area contributed by atoms with Gasteiger partial charge in [-0.1, -0.05) is 29.3 Å². The summed E-state index contributed by atoms with van der Waals surface area (Å²) in [5.74, 6) is 1.37. The normalized spacial score (nSPS) is 12.7. The van der Waals surface area contributed by atoms with Crippen LogP contribution in [-0.4, -0.2) is 11.8 Å². The first kappa shape index (κ1) is 17.7. The van der Waals surface area contributed by atoms with Crippen LogP contribution in [0.25, 0.3) is 16.8 Å². The minimum Gasteiger partial charge on any atom is -0.454 e. The van der Waals surface area contributed by atoms with E-state index in [4.69, 9.17) is 32.7 Å². The summed E-state index contributed by atoms with van der Waals surface area (Å²) >= 11 is 13.4. The predicted octanol–water partition coefficient (Wildman–Crippen LogP) is 5.82. The fourth-order valence-electron chi connectivity index (χ4n) is 2.47. The number of nitrogens with one attached hydrogen (secondary N) is 1. The Labute approximate surface area is 169 Å². The average molecular weight is 416 g/mol. The van der Waals surface area contributed by atoms with Crippen LogP contribution in [0.2, 0.25) is 10.0 Å². The molecule has 0 saturated heterocycles. The van der Waals surface area contributed by atoms with Crippen LogP contribution >= 0.6 is 34.5 Å². The van der Waals surface area contributed by atoms with Crippen LogP contribution in [0, 0.1) is 11.3 Å². The molecule has 1 aromatic heterocycles. The monoisotopic (exact) mass is 415 g/mol. The van der Waals surface area contributed by atoms with Crippen molar-refractivity contribution in [2.24, 2.45) is 0 Å². The molecule has 0 amide bonds. The van der Waals surface area contributed by atoms with Gasteiger partial charge in [0, 0.05) is 28.9 Å². The lowest BCUT2D eigenvalue weighted by molar-refractivity contribution is 0.174. The third-order valence-electron chi connectivity index (χ3n) is 3.83. The van der Waals surface area contributed by atoms with E-state index < -0.39 is 0 Å². The SMILES string of the molecule is N#C/C(=C\Nc1ccc2c(c1)OCO2)c1nc(-c2ccc(Cl)c(Cl)c2)cs1. The molecule has 1 aliphatic heterocycles. The van der Waals surface area contributed by atoms with Crippen LogP contribution in [0.4, 0.5) is 5.69 Å². The lowest BCUT2D eigenvalue weighted by Crippen LogP contribution is -1.93. The summed E-state index contributed by atoms with van der Waals surface area (Å²) in [6.45, 7) is 0.217. The van der Waals surface area contributed by atoms with Crippen LogP contribution in [-0.2, 0) is 0 Å². The van der Waals surface area contributed by atoms with Crippen LogP contribution < -0.4 is 14.8 Å². The molecule has 0 saturated carbocycles. The van der Waals surface area contributed by atoms with E-state index in [1.54, 1.807) is 18.3 Å². The number of benzene rings is 2. The van der Waals surface area contributed by atoms with Gasteiger partial charge in [-0.05, 0) is 24.3 Å². The average Bonchev–Trinajstić information content (AvgIpc) is 3.34. The standard InChI is InChI=1S/C19H11Cl2N3O2S/c20-14-3-1-11(5-15(14)21)16-9-27-19(24-16)12(7-22)8-23-13-2-4-17-18(6-13)26-10-25-17/h1-6,8-9,23H,10H2/b12-8+. The maximum absolute atomic E-state index is 9.50. The zero-order valence-electron chi connectivity index (χ0n) is 13.7. The third kappa shape index (κ3) is 3.71. The second kappa shape index (κ2) is 7.49. The molecule has 2 aromatic carbocycles. The summed E-state index contributed by atoms with van der Waals surface area (Å²) in [5, 5.41) is 16.0. The third-order valence-corrected chi connectivity index (χ3v) is 5.44. The van der Waals surface area contributed by atoms with Gasteiger partial charge in [0.2, 0.25) is 6.79 Å². The Morgan fingerprint density at radius 1 is 1.15 bits per heavy atom. The number of nitrogens with zero attached hydrogens (tertiary/aromatic N) is 2. The highest BCUT2D eigenvalue weighted by Crippen LogP contribution is 2.35. The van der Waals surface area contributed by atoms with Crippen LogP contribution in [0.3, 0.4) is 0 Å². The highest BCUT2D eigenvalue weighted by Gasteiger charge is 2.13. The first-order valence-electron chi connectivity index (χ1n) is 7.82. The lowest BCUT2D eigenvalue weighted by atomic mass is 10.2. The van der Waals surface area contributed by atoms with Crippen molar-refractivity contribution < 1.29 is 9.47 Å². The Balaban J connectivity index is 1.56. The van der Waals surface area contributed by atoms with E-state index in [2.05, 4.69) is 16.4 Å².